The van der Waals surface area contributed by atoms with Gasteiger partial charge in [-0.15, -0.1) is 0 Å². The monoisotopic (exact) mass is 402 g/mol. The second-order valence-electron chi connectivity index (χ2n) is 7.76. The molecule has 1 aromatic heterocycles. The van der Waals surface area contributed by atoms with Gasteiger partial charge < -0.3 is 19.6 Å². The Bertz CT molecular complexity index is 826. The molecule has 158 valence electrons. The second-order valence-corrected chi connectivity index (χ2v) is 7.76. The smallest absolute Gasteiger partial charge is 0.194 e. The Morgan fingerprint density at radius 3 is 2.62 bits per heavy atom. The van der Waals surface area contributed by atoms with Crippen LogP contribution in [0.1, 0.15) is 22.6 Å². The minimum Gasteiger partial charge on any atom is -0.361 e. The largest absolute Gasteiger partial charge is 0.361 e. The molecule has 0 spiro atoms. The predicted octanol–water partition coefficient (Wildman–Crippen LogP) is 2.08. The van der Waals surface area contributed by atoms with E-state index in [1.165, 1.54) is 0 Å². The molecule has 1 aliphatic rings. The molecule has 1 fully saturated rings. The number of benzene rings is 1. The summed E-state index contributed by atoms with van der Waals surface area (Å²) < 4.78 is 19.1. The van der Waals surface area contributed by atoms with Crippen LogP contribution in [-0.4, -0.2) is 73.1 Å². The van der Waals surface area contributed by atoms with Crippen molar-refractivity contribution in [3.8, 4) is 0 Å². The number of hydrogen-bond acceptors (Lipinski definition) is 5. The van der Waals surface area contributed by atoms with E-state index in [2.05, 4.69) is 25.3 Å². The molecule has 2 heterocycles. The minimum atomic E-state index is -0.162. The normalized spacial score (nSPS) is 15.9. The summed E-state index contributed by atoms with van der Waals surface area (Å²) in [6.07, 6.45) is 0. The highest BCUT2D eigenvalue weighted by atomic mass is 19.1. The van der Waals surface area contributed by atoms with Gasteiger partial charge in [-0.3, -0.25) is 9.89 Å². The van der Waals surface area contributed by atoms with E-state index in [0.29, 0.717) is 18.7 Å². The van der Waals surface area contributed by atoms with Crippen molar-refractivity contribution >= 4 is 5.96 Å². The van der Waals surface area contributed by atoms with E-state index in [0.717, 1.165) is 55.7 Å². The first kappa shape index (κ1) is 21.3. The SMILES string of the molecule is CN=C(NCc1ccc(F)c(CN(C)C)c1)N1CCN(Cc2cc(C)on2)CC1. The molecule has 1 aliphatic heterocycles. The first-order valence-electron chi connectivity index (χ1n) is 9.97. The quantitative estimate of drug-likeness (QED) is 0.590. The van der Waals surface area contributed by atoms with Crippen LogP contribution in [0.25, 0.3) is 0 Å². The van der Waals surface area contributed by atoms with E-state index in [1.807, 2.05) is 44.1 Å². The van der Waals surface area contributed by atoms with Gasteiger partial charge in [0.1, 0.15) is 11.6 Å². The van der Waals surface area contributed by atoms with Crippen molar-refractivity contribution in [3.63, 3.8) is 0 Å². The molecule has 0 unspecified atom stereocenters. The second kappa shape index (κ2) is 9.84. The molecule has 1 N–H and O–H groups in total. The topological polar surface area (TPSA) is 60.1 Å². The predicted molar refractivity (Wildman–Crippen MR) is 112 cm³/mol. The molecule has 8 heteroatoms. The fraction of sp³-hybridized carbons (Fsp3) is 0.524. The van der Waals surface area contributed by atoms with Gasteiger partial charge in [0.25, 0.3) is 0 Å². The maximum absolute atomic E-state index is 14.0. The van der Waals surface area contributed by atoms with Crippen LogP contribution in [0.3, 0.4) is 0 Å². The third kappa shape index (κ3) is 6.01. The minimum absolute atomic E-state index is 0.162. The highest BCUT2D eigenvalue weighted by Gasteiger charge is 2.20. The summed E-state index contributed by atoms with van der Waals surface area (Å²) in [6.45, 7) is 7.59. The lowest BCUT2D eigenvalue weighted by molar-refractivity contribution is 0.169. The fourth-order valence-corrected chi connectivity index (χ4v) is 3.55. The van der Waals surface area contributed by atoms with Gasteiger partial charge in [0.15, 0.2) is 5.96 Å². The van der Waals surface area contributed by atoms with E-state index in [1.54, 1.807) is 13.1 Å². The van der Waals surface area contributed by atoms with Crippen LogP contribution in [0.4, 0.5) is 4.39 Å². The zero-order valence-electron chi connectivity index (χ0n) is 17.8. The maximum atomic E-state index is 14.0. The number of nitrogens with zero attached hydrogens (tertiary/aromatic N) is 5. The average Bonchev–Trinajstić information content (AvgIpc) is 3.10. The van der Waals surface area contributed by atoms with Crippen LogP contribution in [0, 0.1) is 12.7 Å². The van der Waals surface area contributed by atoms with Crippen molar-refractivity contribution < 1.29 is 8.91 Å². The Hall–Kier alpha value is -2.45. The molecule has 1 saturated heterocycles. The lowest BCUT2D eigenvalue weighted by Crippen LogP contribution is -2.52. The molecule has 0 atom stereocenters. The van der Waals surface area contributed by atoms with Crippen LogP contribution in [0.2, 0.25) is 0 Å². The molecule has 0 bridgehead atoms. The molecule has 0 aliphatic carbocycles. The third-order valence-corrected chi connectivity index (χ3v) is 4.99. The third-order valence-electron chi connectivity index (χ3n) is 4.99. The Morgan fingerprint density at radius 2 is 2.00 bits per heavy atom. The molecule has 29 heavy (non-hydrogen) atoms. The Morgan fingerprint density at radius 1 is 1.24 bits per heavy atom. The van der Waals surface area contributed by atoms with Gasteiger partial charge in [0.05, 0.1) is 5.69 Å². The van der Waals surface area contributed by atoms with Crippen LogP contribution in [-0.2, 0) is 19.6 Å². The Balaban J connectivity index is 1.51. The summed E-state index contributed by atoms with van der Waals surface area (Å²) in [5.41, 5.74) is 2.73. The van der Waals surface area contributed by atoms with Gasteiger partial charge in [-0.25, -0.2) is 4.39 Å². The summed E-state index contributed by atoms with van der Waals surface area (Å²) in [4.78, 5) is 11.0. The van der Waals surface area contributed by atoms with Crippen molar-refractivity contribution in [2.24, 2.45) is 4.99 Å². The maximum Gasteiger partial charge on any atom is 0.194 e. The van der Waals surface area contributed by atoms with E-state index in [4.69, 9.17) is 4.52 Å². The zero-order valence-corrected chi connectivity index (χ0v) is 17.8. The van der Waals surface area contributed by atoms with Crippen molar-refractivity contribution in [2.75, 3.05) is 47.3 Å². The number of halogens is 1. The van der Waals surface area contributed by atoms with Crippen molar-refractivity contribution in [2.45, 2.75) is 26.6 Å². The van der Waals surface area contributed by atoms with Gasteiger partial charge in [0, 0.05) is 64.5 Å². The Labute approximate surface area is 172 Å². The van der Waals surface area contributed by atoms with Gasteiger partial charge in [-0.05, 0) is 38.7 Å². The molecule has 1 aromatic carbocycles. The zero-order chi connectivity index (χ0) is 20.8. The lowest BCUT2D eigenvalue weighted by atomic mass is 10.1. The number of piperazine rings is 1. The summed E-state index contributed by atoms with van der Waals surface area (Å²) in [5.74, 6) is 1.56. The summed E-state index contributed by atoms with van der Waals surface area (Å²) in [5, 5.41) is 7.50. The first-order valence-corrected chi connectivity index (χ1v) is 9.97. The standard InChI is InChI=1S/C21H31FN6O/c1-16-11-19(25-29-16)15-27-7-9-28(10-8-27)21(23-2)24-13-17-5-6-20(22)18(12-17)14-26(3)4/h5-6,11-12H,7-10,13-15H2,1-4H3,(H,23,24). The molecule has 3 rings (SSSR count). The number of aliphatic imine (C=N–C) groups is 1. The average molecular weight is 403 g/mol. The van der Waals surface area contributed by atoms with Crippen LogP contribution in [0.15, 0.2) is 33.8 Å². The van der Waals surface area contributed by atoms with Crippen molar-refractivity contribution in [3.05, 3.63) is 52.7 Å². The van der Waals surface area contributed by atoms with Gasteiger partial charge in [-0.2, -0.15) is 0 Å². The van der Waals surface area contributed by atoms with Crippen LogP contribution < -0.4 is 5.32 Å². The van der Waals surface area contributed by atoms with Gasteiger partial charge >= 0.3 is 0 Å². The van der Waals surface area contributed by atoms with Gasteiger partial charge in [-0.1, -0.05) is 11.2 Å². The molecule has 0 radical (unpaired) electrons. The summed E-state index contributed by atoms with van der Waals surface area (Å²) >= 11 is 0. The molecule has 2 aromatic rings. The highest BCUT2D eigenvalue weighted by Crippen LogP contribution is 2.13. The fourth-order valence-electron chi connectivity index (χ4n) is 3.55. The Kier molecular flexibility index (Phi) is 7.22. The number of hydrogen-bond donors (Lipinski definition) is 1. The number of nitrogens with one attached hydrogen (secondary N) is 1. The lowest BCUT2D eigenvalue weighted by Gasteiger charge is -2.36. The summed E-state index contributed by atoms with van der Waals surface area (Å²) in [7, 11) is 5.68. The number of rotatable bonds is 6. The first-order chi connectivity index (χ1) is 13.9. The van der Waals surface area contributed by atoms with Crippen LogP contribution >= 0.6 is 0 Å². The van der Waals surface area contributed by atoms with Gasteiger partial charge in [0.2, 0.25) is 0 Å². The molecule has 7 nitrogen and oxygen atoms in total. The van der Waals surface area contributed by atoms with Crippen molar-refractivity contribution in [1.29, 1.82) is 0 Å². The molecular weight excluding hydrogens is 371 g/mol. The molecule has 0 saturated carbocycles. The molecule has 0 amide bonds. The summed E-state index contributed by atoms with van der Waals surface area (Å²) in [6, 6.07) is 7.28. The number of aryl methyl sites for hydroxylation is 1. The van der Waals surface area contributed by atoms with E-state index in [9.17, 15) is 4.39 Å². The highest BCUT2D eigenvalue weighted by molar-refractivity contribution is 5.80. The van der Waals surface area contributed by atoms with Crippen LogP contribution in [0.5, 0.6) is 0 Å². The number of aromatic nitrogens is 1. The van der Waals surface area contributed by atoms with Crippen molar-refractivity contribution in [1.82, 2.24) is 25.2 Å². The molecular formula is C21H31FN6O. The van der Waals surface area contributed by atoms with E-state index < -0.39 is 0 Å². The number of guanidine groups is 1. The van der Waals surface area contributed by atoms with E-state index in [-0.39, 0.29) is 5.82 Å². The van der Waals surface area contributed by atoms with E-state index >= 15 is 0 Å².